The number of benzene rings is 1. The van der Waals surface area contributed by atoms with Crippen LogP contribution in [0.3, 0.4) is 0 Å². The monoisotopic (exact) mass is 354 g/mol. The Morgan fingerprint density at radius 2 is 1.96 bits per heavy atom. The molecule has 1 fully saturated rings. The second-order valence-corrected chi connectivity index (χ2v) is 6.23. The van der Waals surface area contributed by atoms with Crippen LogP contribution in [0, 0.1) is 11.6 Å². The van der Waals surface area contributed by atoms with Crippen molar-refractivity contribution in [1.82, 2.24) is 10.6 Å². The van der Waals surface area contributed by atoms with E-state index in [9.17, 15) is 23.2 Å². The van der Waals surface area contributed by atoms with Gasteiger partial charge in [0.25, 0.3) is 0 Å². The molecule has 0 aliphatic carbocycles. The number of aliphatic carboxylic acids is 1. The molecule has 0 bridgehead atoms. The predicted molar refractivity (Wildman–Crippen MR) is 84.4 cm³/mol. The average molecular weight is 354 g/mol. The molecule has 0 spiro atoms. The highest BCUT2D eigenvalue weighted by molar-refractivity contribution is 5.80. The zero-order chi connectivity index (χ0) is 18.4. The first-order chi connectivity index (χ1) is 11.8. The minimum Gasteiger partial charge on any atom is -0.481 e. The Hall–Kier alpha value is -2.51. The van der Waals surface area contributed by atoms with Crippen molar-refractivity contribution in [3.05, 3.63) is 35.4 Å². The Morgan fingerprint density at radius 1 is 1.24 bits per heavy atom. The summed E-state index contributed by atoms with van der Waals surface area (Å²) in [6, 6.07) is 3.00. The fraction of sp³-hybridized carbons (Fsp3) is 0.471. The summed E-state index contributed by atoms with van der Waals surface area (Å²) in [5, 5.41) is 14.1. The summed E-state index contributed by atoms with van der Waals surface area (Å²) < 4.78 is 26.6. The summed E-state index contributed by atoms with van der Waals surface area (Å²) in [4.78, 5) is 34.2. The van der Waals surface area contributed by atoms with Gasteiger partial charge in [0.2, 0.25) is 11.8 Å². The van der Waals surface area contributed by atoms with Gasteiger partial charge in [-0.05, 0) is 37.5 Å². The SMILES string of the molecule is O=C(O)CC[C@]1(CCC(=O)NCc2cc(F)ccc2F)CCC(=O)N1. The van der Waals surface area contributed by atoms with E-state index in [0.717, 1.165) is 18.2 Å². The van der Waals surface area contributed by atoms with Gasteiger partial charge < -0.3 is 15.7 Å². The normalized spacial score (nSPS) is 19.5. The number of carboxylic acids is 1. The molecule has 0 unspecified atom stereocenters. The Morgan fingerprint density at radius 3 is 2.60 bits per heavy atom. The van der Waals surface area contributed by atoms with Gasteiger partial charge in [0.1, 0.15) is 11.6 Å². The third-order valence-corrected chi connectivity index (χ3v) is 4.37. The Bertz CT molecular complexity index is 681. The van der Waals surface area contributed by atoms with E-state index < -0.39 is 23.1 Å². The smallest absolute Gasteiger partial charge is 0.303 e. The predicted octanol–water partition coefficient (Wildman–Crippen LogP) is 1.87. The molecule has 1 aliphatic rings. The maximum atomic E-state index is 13.5. The van der Waals surface area contributed by atoms with Gasteiger partial charge >= 0.3 is 5.97 Å². The molecule has 2 rings (SSSR count). The molecule has 3 N–H and O–H groups in total. The third-order valence-electron chi connectivity index (χ3n) is 4.37. The fourth-order valence-corrected chi connectivity index (χ4v) is 2.93. The molecule has 0 aromatic heterocycles. The van der Waals surface area contributed by atoms with Crippen molar-refractivity contribution in [3.8, 4) is 0 Å². The molecule has 1 heterocycles. The van der Waals surface area contributed by atoms with Crippen LogP contribution in [-0.2, 0) is 20.9 Å². The largest absolute Gasteiger partial charge is 0.481 e. The van der Waals surface area contributed by atoms with E-state index >= 15 is 0 Å². The van der Waals surface area contributed by atoms with Gasteiger partial charge in [0.15, 0.2) is 0 Å². The lowest BCUT2D eigenvalue weighted by atomic mass is 9.86. The Kier molecular flexibility index (Phi) is 6.06. The molecule has 1 aromatic rings. The van der Waals surface area contributed by atoms with Gasteiger partial charge in [0.05, 0.1) is 0 Å². The summed E-state index contributed by atoms with van der Waals surface area (Å²) in [7, 11) is 0. The molecule has 1 aromatic carbocycles. The van der Waals surface area contributed by atoms with E-state index in [1.165, 1.54) is 0 Å². The van der Waals surface area contributed by atoms with E-state index in [1.54, 1.807) is 0 Å². The molecule has 8 heteroatoms. The van der Waals surface area contributed by atoms with Gasteiger partial charge in [-0.25, -0.2) is 8.78 Å². The highest BCUT2D eigenvalue weighted by atomic mass is 19.1. The number of hydrogen-bond acceptors (Lipinski definition) is 3. The van der Waals surface area contributed by atoms with Gasteiger partial charge in [-0.2, -0.15) is 0 Å². The number of hydrogen-bond donors (Lipinski definition) is 3. The first-order valence-corrected chi connectivity index (χ1v) is 8.03. The topological polar surface area (TPSA) is 95.5 Å². The molecule has 0 radical (unpaired) electrons. The lowest BCUT2D eigenvalue weighted by Crippen LogP contribution is -2.43. The van der Waals surface area contributed by atoms with Crippen LogP contribution < -0.4 is 10.6 Å². The van der Waals surface area contributed by atoms with Crippen LogP contribution in [0.1, 0.15) is 44.1 Å². The molecule has 1 atom stereocenters. The molecule has 0 saturated carbocycles. The second kappa shape index (κ2) is 8.04. The Balaban J connectivity index is 1.87. The van der Waals surface area contributed by atoms with Crippen molar-refractivity contribution in [2.45, 2.75) is 50.6 Å². The van der Waals surface area contributed by atoms with Crippen LogP contribution in [-0.4, -0.2) is 28.4 Å². The number of carbonyl (C=O) groups excluding carboxylic acids is 2. The molecular weight excluding hydrogens is 334 g/mol. The van der Waals surface area contributed by atoms with Crippen molar-refractivity contribution >= 4 is 17.8 Å². The summed E-state index contributed by atoms with van der Waals surface area (Å²) in [6.45, 7) is -0.142. The maximum Gasteiger partial charge on any atom is 0.303 e. The zero-order valence-electron chi connectivity index (χ0n) is 13.6. The zero-order valence-corrected chi connectivity index (χ0v) is 13.6. The van der Waals surface area contributed by atoms with Crippen molar-refractivity contribution in [2.24, 2.45) is 0 Å². The number of carbonyl (C=O) groups is 3. The number of amides is 2. The first kappa shape index (κ1) is 18.8. The summed E-state index contributed by atoms with van der Waals surface area (Å²) >= 11 is 0. The van der Waals surface area contributed by atoms with E-state index in [-0.39, 0.29) is 43.2 Å². The average Bonchev–Trinajstić information content (AvgIpc) is 2.94. The van der Waals surface area contributed by atoms with E-state index in [1.807, 2.05) is 0 Å². The van der Waals surface area contributed by atoms with Crippen LogP contribution in [0.25, 0.3) is 0 Å². The van der Waals surface area contributed by atoms with Crippen LogP contribution in [0.4, 0.5) is 8.78 Å². The van der Waals surface area contributed by atoms with Gasteiger partial charge in [-0.3, -0.25) is 14.4 Å². The van der Waals surface area contributed by atoms with Crippen molar-refractivity contribution in [3.63, 3.8) is 0 Å². The lowest BCUT2D eigenvalue weighted by Gasteiger charge is -2.28. The first-order valence-electron chi connectivity index (χ1n) is 8.03. The lowest BCUT2D eigenvalue weighted by molar-refractivity contribution is -0.137. The maximum absolute atomic E-state index is 13.5. The van der Waals surface area contributed by atoms with Crippen molar-refractivity contribution in [2.75, 3.05) is 0 Å². The van der Waals surface area contributed by atoms with Gasteiger partial charge in [0, 0.05) is 36.9 Å². The fourth-order valence-electron chi connectivity index (χ4n) is 2.93. The summed E-state index contributed by atoms with van der Waals surface area (Å²) in [6.07, 6.45) is 1.28. The molecule has 25 heavy (non-hydrogen) atoms. The van der Waals surface area contributed by atoms with Crippen LogP contribution in [0.5, 0.6) is 0 Å². The Labute approximate surface area is 143 Å². The van der Waals surface area contributed by atoms with Crippen LogP contribution in [0.2, 0.25) is 0 Å². The third kappa shape index (κ3) is 5.51. The number of carboxylic acid groups (broad SMARTS) is 1. The van der Waals surface area contributed by atoms with Gasteiger partial charge in [-0.15, -0.1) is 0 Å². The number of halogens is 2. The molecule has 6 nitrogen and oxygen atoms in total. The number of nitrogens with one attached hydrogen (secondary N) is 2. The van der Waals surface area contributed by atoms with E-state index in [0.29, 0.717) is 19.3 Å². The molecule has 1 aliphatic heterocycles. The van der Waals surface area contributed by atoms with Gasteiger partial charge in [-0.1, -0.05) is 0 Å². The van der Waals surface area contributed by atoms with E-state index in [4.69, 9.17) is 5.11 Å². The second-order valence-electron chi connectivity index (χ2n) is 6.23. The summed E-state index contributed by atoms with van der Waals surface area (Å²) in [5.74, 6) is -2.70. The molecule has 1 saturated heterocycles. The highest BCUT2D eigenvalue weighted by Crippen LogP contribution is 2.30. The van der Waals surface area contributed by atoms with Crippen molar-refractivity contribution < 1.29 is 28.3 Å². The summed E-state index contributed by atoms with van der Waals surface area (Å²) in [5.41, 5.74) is -0.653. The van der Waals surface area contributed by atoms with Crippen molar-refractivity contribution in [1.29, 1.82) is 0 Å². The quantitative estimate of drug-likeness (QED) is 0.664. The van der Waals surface area contributed by atoms with Crippen LogP contribution >= 0.6 is 0 Å². The minimum absolute atomic E-state index is 0.0445. The highest BCUT2D eigenvalue weighted by Gasteiger charge is 2.37. The van der Waals surface area contributed by atoms with Crippen LogP contribution in [0.15, 0.2) is 18.2 Å². The molecular formula is C17H20F2N2O4. The van der Waals surface area contributed by atoms with E-state index in [2.05, 4.69) is 10.6 Å². The molecule has 136 valence electrons. The molecule has 2 amide bonds. The number of rotatable bonds is 8. The minimum atomic E-state index is -0.966. The standard InChI is InChI=1S/C17H20F2N2O4/c18-12-1-2-13(19)11(9-12)10-20-14(22)3-6-17(8-5-16(24)25)7-4-15(23)21-17/h1-2,9H,3-8,10H2,(H,20,22)(H,21,23)(H,24,25)/t17-/m0/s1.